The molecule has 6 heteroatoms. The molecule has 0 radical (unpaired) electrons. The molecule has 2 rings (SSSR count). The predicted molar refractivity (Wildman–Crippen MR) is 96.4 cm³/mol. The lowest BCUT2D eigenvalue weighted by molar-refractivity contribution is -0.144. The molecule has 0 aliphatic rings. The topological polar surface area (TPSA) is 94.4 Å². The first-order valence-electron chi connectivity index (χ1n) is 8.75. The maximum absolute atomic E-state index is 11.7. The van der Waals surface area contributed by atoms with E-state index in [0.717, 1.165) is 29.3 Å². The van der Waals surface area contributed by atoms with E-state index in [4.69, 9.17) is 15.2 Å². The Morgan fingerprint density at radius 2 is 1.88 bits per heavy atom. The standard InChI is InChI=1S/C19H26N2O4/c1-3-5-18(22)24-12-14(20)9-13-11-21-17-8-7-15(10-16(13)17)25-19(23)6-4-2/h7-8,10-11,14,21H,3-6,9,12,20H2,1-2H3/t14-/m0/s1. The van der Waals surface area contributed by atoms with Crippen LogP contribution in [0.2, 0.25) is 0 Å². The van der Waals surface area contributed by atoms with E-state index in [2.05, 4.69) is 4.98 Å². The number of aromatic amines is 1. The number of nitrogens with two attached hydrogens (primary N) is 1. The number of aromatic nitrogens is 1. The Hall–Kier alpha value is -2.34. The van der Waals surface area contributed by atoms with Crippen LogP contribution in [-0.2, 0) is 20.7 Å². The van der Waals surface area contributed by atoms with Crippen LogP contribution in [-0.4, -0.2) is 29.6 Å². The van der Waals surface area contributed by atoms with Gasteiger partial charge in [-0.2, -0.15) is 0 Å². The zero-order valence-electron chi connectivity index (χ0n) is 14.8. The molecule has 136 valence electrons. The fourth-order valence-corrected chi connectivity index (χ4v) is 2.59. The van der Waals surface area contributed by atoms with Crippen LogP contribution in [0.1, 0.15) is 45.1 Å². The van der Waals surface area contributed by atoms with Gasteiger partial charge in [-0.1, -0.05) is 13.8 Å². The van der Waals surface area contributed by atoms with Gasteiger partial charge in [0.05, 0.1) is 0 Å². The van der Waals surface area contributed by atoms with Gasteiger partial charge in [-0.05, 0) is 43.0 Å². The Kier molecular flexibility index (Phi) is 7.01. The molecule has 0 fully saturated rings. The van der Waals surface area contributed by atoms with E-state index in [0.29, 0.717) is 25.0 Å². The molecule has 1 aromatic heterocycles. The molecule has 0 aliphatic heterocycles. The number of benzene rings is 1. The van der Waals surface area contributed by atoms with Crippen molar-refractivity contribution in [3.63, 3.8) is 0 Å². The molecule has 0 saturated heterocycles. The molecule has 25 heavy (non-hydrogen) atoms. The largest absolute Gasteiger partial charge is 0.464 e. The summed E-state index contributed by atoms with van der Waals surface area (Å²) in [6.07, 6.45) is 4.76. The minimum Gasteiger partial charge on any atom is -0.464 e. The van der Waals surface area contributed by atoms with Gasteiger partial charge in [0.2, 0.25) is 0 Å². The zero-order chi connectivity index (χ0) is 18.2. The minimum absolute atomic E-state index is 0.191. The highest BCUT2D eigenvalue weighted by Crippen LogP contribution is 2.25. The summed E-state index contributed by atoms with van der Waals surface area (Å²) in [5.74, 6) is 0.0650. The maximum atomic E-state index is 11.7. The van der Waals surface area contributed by atoms with Gasteiger partial charge >= 0.3 is 11.9 Å². The number of ether oxygens (including phenoxy) is 2. The summed E-state index contributed by atoms with van der Waals surface area (Å²) in [4.78, 5) is 26.3. The van der Waals surface area contributed by atoms with Crippen LogP contribution in [0.5, 0.6) is 5.75 Å². The Bertz CT molecular complexity index is 723. The highest BCUT2D eigenvalue weighted by Gasteiger charge is 2.13. The molecule has 1 heterocycles. The summed E-state index contributed by atoms with van der Waals surface area (Å²) < 4.78 is 10.5. The third kappa shape index (κ3) is 5.60. The lowest BCUT2D eigenvalue weighted by Gasteiger charge is -2.12. The molecule has 0 unspecified atom stereocenters. The van der Waals surface area contributed by atoms with Crippen LogP contribution >= 0.6 is 0 Å². The molecular formula is C19H26N2O4. The molecular weight excluding hydrogens is 320 g/mol. The van der Waals surface area contributed by atoms with Crippen molar-refractivity contribution in [2.45, 2.75) is 52.0 Å². The van der Waals surface area contributed by atoms with Gasteiger partial charge in [-0.25, -0.2) is 0 Å². The van der Waals surface area contributed by atoms with Gasteiger partial charge in [0.1, 0.15) is 12.4 Å². The van der Waals surface area contributed by atoms with Crippen LogP contribution in [0, 0.1) is 0 Å². The normalized spacial score (nSPS) is 12.1. The molecule has 1 aromatic carbocycles. The van der Waals surface area contributed by atoms with E-state index in [1.165, 1.54) is 0 Å². The first-order chi connectivity index (χ1) is 12.0. The smallest absolute Gasteiger partial charge is 0.311 e. The Morgan fingerprint density at radius 3 is 2.60 bits per heavy atom. The van der Waals surface area contributed by atoms with Crippen molar-refractivity contribution < 1.29 is 19.1 Å². The Morgan fingerprint density at radius 1 is 1.16 bits per heavy atom. The van der Waals surface area contributed by atoms with Crippen molar-refractivity contribution in [2.75, 3.05) is 6.61 Å². The molecule has 0 saturated carbocycles. The number of esters is 2. The first kappa shape index (κ1) is 19.0. The summed E-state index contributed by atoms with van der Waals surface area (Å²) in [7, 11) is 0. The van der Waals surface area contributed by atoms with Crippen LogP contribution in [0.4, 0.5) is 0 Å². The quantitative estimate of drug-likeness (QED) is 0.537. The maximum Gasteiger partial charge on any atom is 0.311 e. The molecule has 0 bridgehead atoms. The van der Waals surface area contributed by atoms with E-state index in [1.807, 2.05) is 32.2 Å². The number of rotatable bonds is 9. The monoisotopic (exact) mass is 346 g/mol. The van der Waals surface area contributed by atoms with Crippen molar-refractivity contribution in [1.82, 2.24) is 4.98 Å². The third-order valence-electron chi connectivity index (χ3n) is 3.82. The first-order valence-corrected chi connectivity index (χ1v) is 8.75. The van der Waals surface area contributed by atoms with Crippen molar-refractivity contribution in [3.8, 4) is 5.75 Å². The molecule has 1 atom stereocenters. The second-order valence-corrected chi connectivity index (χ2v) is 6.14. The van der Waals surface area contributed by atoms with E-state index in [-0.39, 0.29) is 24.6 Å². The Labute approximate surface area is 147 Å². The van der Waals surface area contributed by atoms with E-state index in [1.54, 1.807) is 6.07 Å². The molecule has 6 nitrogen and oxygen atoms in total. The fraction of sp³-hybridized carbons (Fsp3) is 0.474. The zero-order valence-corrected chi connectivity index (χ0v) is 14.8. The summed E-state index contributed by atoms with van der Waals surface area (Å²) in [5.41, 5.74) is 8.03. The van der Waals surface area contributed by atoms with E-state index in [9.17, 15) is 9.59 Å². The van der Waals surface area contributed by atoms with Crippen molar-refractivity contribution in [1.29, 1.82) is 0 Å². The van der Waals surface area contributed by atoms with E-state index < -0.39 is 0 Å². The summed E-state index contributed by atoms with van der Waals surface area (Å²) in [6.45, 7) is 4.05. The highest BCUT2D eigenvalue weighted by molar-refractivity contribution is 5.85. The highest BCUT2D eigenvalue weighted by atomic mass is 16.5. The number of fused-ring (bicyclic) bond motifs is 1. The predicted octanol–water partition coefficient (Wildman–Crippen LogP) is 3.09. The van der Waals surface area contributed by atoms with Gasteiger partial charge in [0.25, 0.3) is 0 Å². The Balaban J connectivity index is 2.02. The molecule has 0 spiro atoms. The van der Waals surface area contributed by atoms with Crippen LogP contribution in [0.3, 0.4) is 0 Å². The van der Waals surface area contributed by atoms with Crippen LogP contribution < -0.4 is 10.5 Å². The summed E-state index contributed by atoms with van der Waals surface area (Å²) in [6, 6.07) is 5.19. The second kappa shape index (κ2) is 9.22. The fourth-order valence-electron chi connectivity index (χ4n) is 2.59. The lowest BCUT2D eigenvalue weighted by atomic mass is 10.1. The average molecular weight is 346 g/mol. The van der Waals surface area contributed by atoms with Crippen molar-refractivity contribution in [2.24, 2.45) is 5.73 Å². The van der Waals surface area contributed by atoms with Gasteiger partial charge in [-0.3, -0.25) is 9.59 Å². The summed E-state index contributed by atoms with van der Waals surface area (Å²) in [5, 5.41) is 0.956. The molecule has 2 aromatic rings. The molecule has 0 amide bonds. The minimum atomic E-state index is -0.286. The van der Waals surface area contributed by atoms with Crippen molar-refractivity contribution >= 4 is 22.8 Å². The number of hydrogen-bond donors (Lipinski definition) is 2. The molecule has 0 aliphatic carbocycles. The lowest BCUT2D eigenvalue weighted by Crippen LogP contribution is -2.29. The second-order valence-electron chi connectivity index (χ2n) is 6.14. The van der Waals surface area contributed by atoms with Gasteiger partial charge in [-0.15, -0.1) is 0 Å². The van der Waals surface area contributed by atoms with Crippen LogP contribution in [0.15, 0.2) is 24.4 Å². The molecule has 3 N–H and O–H groups in total. The summed E-state index contributed by atoms with van der Waals surface area (Å²) >= 11 is 0. The van der Waals surface area contributed by atoms with Crippen LogP contribution in [0.25, 0.3) is 10.9 Å². The number of carbonyl (C=O) groups is 2. The van der Waals surface area contributed by atoms with Gasteiger partial charge in [0, 0.05) is 36.0 Å². The van der Waals surface area contributed by atoms with Gasteiger partial charge < -0.3 is 20.2 Å². The SMILES string of the molecule is CCCC(=O)OC[C@@H](N)Cc1c[nH]c2ccc(OC(=O)CCC)cc12. The number of carbonyl (C=O) groups excluding carboxylic acids is 2. The number of H-pyrrole nitrogens is 1. The average Bonchev–Trinajstić information content (AvgIpc) is 2.96. The third-order valence-corrected chi connectivity index (χ3v) is 3.82. The van der Waals surface area contributed by atoms with E-state index >= 15 is 0 Å². The number of hydrogen-bond acceptors (Lipinski definition) is 5. The van der Waals surface area contributed by atoms with Gasteiger partial charge in [0.15, 0.2) is 0 Å². The number of nitrogens with one attached hydrogen (secondary N) is 1. The van der Waals surface area contributed by atoms with Crippen molar-refractivity contribution in [3.05, 3.63) is 30.0 Å².